The monoisotopic (exact) mass is 285 g/mol. The Balaban J connectivity index is 3.49. The van der Waals surface area contributed by atoms with Gasteiger partial charge >= 0.3 is 0 Å². The van der Waals surface area contributed by atoms with Gasteiger partial charge in [0.15, 0.2) is 0 Å². The summed E-state index contributed by atoms with van der Waals surface area (Å²) in [7, 11) is 0. The Hall–Kier alpha value is -0.570. The van der Waals surface area contributed by atoms with Crippen molar-refractivity contribution in [3.05, 3.63) is 0 Å². The number of hydrogen-bond donors (Lipinski definition) is 2. The fraction of sp³-hybridized carbons (Fsp3) is 0.941. The Morgan fingerprint density at radius 2 is 1.35 bits per heavy atom. The first-order valence-corrected chi connectivity index (χ1v) is 8.55. The molecule has 0 saturated heterocycles. The summed E-state index contributed by atoms with van der Waals surface area (Å²) in [6.45, 7) is 6.19. The van der Waals surface area contributed by atoms with E-state index in [-0.39, 0.29) is 5.91 Å². The Morgan fingerprint density at radius 1 is 0.900 bits per heavy atom. The quantitative estimate of drug-likeness (QED) is 0.277. The van der Waals surface area contributed by atoms with Crippen LogP contribution in [0.25, 0.3) is 0 Å². The molecule has 1 unspecified atom stereocenters. The van der Waals surface area contributed by atoms with Gasteiger partial charge in [0.05, 0.1) is 0 Å². The second kappa shape index (κ2) is 12.2. The molecule has 0 bridgehead atoms. The van der Waals surface area contributed by atoms with E-state index >= 15 is 0 Å². The van der Waals surface area contributed by atoms with E-state index in [1.807, 2.05) is 13.8 Å². The van der Waals surface area contributed by atoms with E-state index in [1.165, 1.54) is 57.8 Å². The minimum Gasteiger partial charge on any atom is -0.289 e. The molecule has 0 spiro atoms. The second-order valence-corrected chi connectivity index (χ2v) is 6.29. The van der Waals surface area contributed by atoms with Crippen LogP contribution in [0.5, 0.6) is 0 Å². The average Bonchev–Trinajstić information content (AvgIpc) is 2.48. The zero-order valence-corrected chi connectivity index (χ0v) is 13.8. The van der Waals surface area contributed by atoms with Gasteiger partial charge in [0.2, 0.25) is 5.91 Å². The first-order valence-electron chi connectivity index (χ1n) is 8.55. The minimum atomic E-state index is -0.408. The fourth-order valence-corrected chi connectivity index (χ4v) is 2.59. The molecule has 1 atom stereocenters. The molecular formula is C17H35NO2. The molecule has 3 heteroatoms. The topological polar surface area (TPSA) is 49.3 Å². The normalized spacial score (nSPS) is 14.0. The van der Waals surface area contributed by atoms with Crippen LogP contribution in [0, 0.1) is 5.41 Å². The van der Waals surface area contributed by atoms with Gasteiger partial charge in [-0.2, -0.15) is 0 Å². The summed E-state index contributed by atoms with van der Waals surface area (Å²) in [5.74, 6) is -0.240. The third-order valence-corrected chi connectivity index (χ3v) is 4.51. The molecule has 0 radical (unpaired) electrons. The van der Waals surface area contributed by atoms with E-state index in [4.69, 9.17) is 5.21 Å². The highest BCUT2D eigenvalue weighted by Gasteiger charge is 2.30. The number of amides is 1. The summed E-state index contributed by atoms with van der Waals surface area (Å²) in [5.41, 5.74) is 1.40. The lowest BCUT2D eigenvalue weighted by Gasteiger charge is -2.25. The van der Waals surface area contributed by atoms with E-state index in [1.54, 1.807) is 5.48 Å². The highest BCUT2D eigenvalue weighted by molar-refractivity contribution is 5.80. The Bertz CT molecular complexity index is 243. The Labute approximate surface area is 125 Å². The third-order valence-electron chi connectivity index (χ3n) is 4.51. The number of hydrogen-bond acceptors (Lipinski definition) is 2. The van der Waals surface area contributed by atoms with E-state index < -0.39 is 5.41 Å². The number of carbonyl (C=O) groups is 1. The predicted molar refractivity (Wildman–Crippen MR) is 84.8 cm³/mol. The van der Waals surface area contributed by atoms with Gasteiger partial charge in [-0.15, -0.1) is 0 Å². The smallest absolute Gasteiger partial charge is 0.249 e. The van der Waals surface area contributed by atoms with Gasteiger partial charge in [-0.3, -0.25) is 10.0 Å². The van der Waals surface area contributed by atoms with Crippen molar-refractivity contribution in [3.8, 4) is 0 Å². The van der Waals surface area contributed by atoms with Gasteiger partial charge < -0.3 is 0 Å². The highest BCUT2D eigenvalue weighted by atomic mass is 16.5. The molecular weight excluding hydrogens is 250 g/mol. The molecule has 0 aromatic heterocycles. The van der Waals surface area contributed by atoms with Crippen molar-refractivity contribution >= 4 is 5.91 Å². The summed E-state index contributed by atoms with van der Waals surface area (Å²) < 4.78 is 0. The molecule has 0 aliphatic rings. The summed E-state index contributed by atoms with van der Waals surface area (Å²) in [6.07, 6.45) is 14.7. The number of carbonyl (C=O) groups excluding carboxylic acids is 1. The molecule has 0 fully saturated rings. The van der Waals surface area contributed by atoms with Gasteiger partial charge in [0.25, 0.3) is 0 Å². The minimum absolute atomic E-state index is 0.240. The van der Waals surface area contributed by atoms with Crippen LogP contribution in [0.4, 0.5) is 0 Å². The Kier molecular flexibility index (Phi) is 11.8. The van der Waals surface area contributed by atoms with Crippen LogP contribution in [0.3, 0.4) is 0 Å². The van der Waals surface area contributed by atoms with Crippen LogP contribution < -0.4 is 5.48 Å². The van der Waals surface area contributed by atoms with E-state index in [9.17, 15) is 4.79 Å². The summed E-state index contributed by atoms with van der Waals surface area (Å²) in [4.78, 5) is 11.6. The van der Waals surface area contributed by atoms with Crippen LogP contribution in [0.2, 0.25) is 0 Å². The number of hydroxylamine groups is 1. The van der Waals surface area contributed by atoms with E-state index in [0.29, 0.717) is 0 Å². The molecule has 0 saturated carbocycles. The first-order chi connectivity index (χ1) is 9.60. The highest BCUT2D eigenvalue weighted by Crippen LogP contribution is 2.28. The molecule has 0 heterocycles. The molecule has 3 nitrogen and oxygen atoms in total. The summed E-state index contributed by atoms with van der Waals surface area (Å²) >= 11 is 0. The maximum Gasteiger partial charge on any atom is 0.249 e. The number of unbranched alkanes of at least 4 members (excludes halogenated alkanes) is 9. The van der Waals surface area contributed by atoms with Gasteiger partial charge in [0, 0.05) is 5.41 Å². The molecule has 1 amide bonds. The van der Waals surface area contributed by atoms with Crippen LogP contribution in [-0.4, -0.2) is 11.1 Å². The average molecular weight is 285 g/mol. The SMILES string of the molecule is CCCCCCCCCCCCC(C)(CC)C(=O)NO. The fourth-order valence-electron chi connectivity index (χ4n) is 2.59. The maximum absolute atomic E-state index is 11.6. The van der Waals surface area contributed by atoms with Crippen molar-refractivity contribution in [1.82, 2.24) is 5.48 Å². The van der Waals surface area contributed by atoms with Gasteiger partial charge in [-0.25, -0.2) is 5.48 Å². The lowest BCUT2D eigenvalue weighted by Crippen LogP contribution is -2.36. The summed E-state index contributed by atoms with van der Waals surface area (Å²) in [5, 5.41) is 8.76. The molecule has 0 aromatic carbocycles. The molecule has 0 aromatic rings. The lowest BCUT2D eigenvalue weighted by atomic mass is 9.81. The number of rotatable bonds is 13. The molecule has 2 N–H and O–H groups in total. The van der Waals surface area contributed by atoms with Gasteiger partial charge in [-0.1, -0.05) is 85.0 Å². The molecule has 0 aliphatic carbocycles. The van der Waals surface area contributed by atoms with Crippen LogP contribution >= 0.6 is 0 Å². The maximum atomic E-state index is 11.6. The van der Waals surface area contributed by atoms with Gasteiger partial charge in [-0.05, 0) is 12.8 Å². The zero-order valence-electron chi connectivity index (χ0n) is 13.8. The van der Waals surface area contributed by atoms with Crippen molar-refractivity contribution in [3.63, 3.8) is 0 Å². The van der Waals surface area contributed by atoms with Crippen LogP contribution in [0.15, 0.2) is 0 Å². The van der Waals surface area contributed by atoms with Crippen molar-refractivity contribution in [2.75, 3.05) is 0 Å². The zero-order chi connectivity index (χ0) is 15.3. The molecule has 0 rings (SSSR count). The first kappa shape index (κ1) is 19.4. The van der Waals surface area contributed by atoms with Crippen molar-refractivity contribution in [2.24, 2.45) is 5.41 Å². The standard InChI is InChI=1S/C17H35NO2/c1-4-6-7-8-9-10-11-12-13-14-15-17(3,5-2)16(19)18-20/h20H,4-15H2,1-3H3,(H,18,19). The molecule has 0 aliphatic heterocycles. The van der Waals surface area contributed by atoms with Gasteiger partial charge in [0.1, 0.15) is 0 Å². The Morgan fingerprint density at radius 3 is 1.75 bits per heavy atom. The number of nitrogens with one attached hydrogen (secondary N) is 1. The van der Waals surface area contributed by atoms with Crippen molar-refractivity contribution in [1.29, 1.82) is 0 Å². The predicted octanol–water partition coefficient (Wildman–Crippen LogP) is 5.22. The van der Waals surface area contributed by atoms with E-state index in [0.717, 1.165) is 19.3 Å². The second-order valence-electron chi connectivity index (χ2n) is 6.29. The molecule has 20 heavy (non-hydrogen) atoms. The van der Waals surface area contributed by atoms with Crippen LogP contribution in [-0.2, 0) is 4.79 Å². The van der Waals surface area contributed by atoms with Crippen molar-refractivity contribution < 1.29 is 10.0 Å². The largest absolute Gasteiger partial charge is 0.289 e. The van der Waals surface area contributed by atoms with Crippen molar-refractivity contribution in [2.45, 2.75) is 97.8 Å². The summed E-state index contributed by atoms with van der Waals surface area (Å²) in [6, 6.07) is 0. The van der Waals surface area contributed by atoms with Crippen LogP contribution in [0.1, 0.15) is 97.8 Å². The third kappa shape index (κ3) is 8.57. The lowest BCUT2D eigenvalue weighted by molar-refractivity contribution is -0.139. The molecule has 120 valence electrons. The van der Waals surface area contributed by atoms with E-state index in [2.05, 4.69) is 6.92 Å².